The molecule has 1 unspecified atom stereocenters. The Morgan fingerprint density at radius 1 is 0.890 bits per heavy atom. The lowest BCUT2D eigenvalue weighted by molar-refractivity contribution is -0.126. The zero-order chi connectivity index (χ0) is 50.4. The molecule has 0 radical (unpaired) electrons. The molecule has 14 nitrogen and oxygen atoms in total. The maximum Gasteiger partial charge on any atom is 0.319 e. The number of alkyl halides is 1. The summed E-state index contributed by atoms with van der Waals surface area (Å²) in [7, 11) is 0. The topological polar surface area (TPSA) is 151 Å². The molecule has 1 aliphatic carbocycles. The van der Waals surface area contributed by atoms with Crippen molar-refractivity contribution in [3.63, 3.8) is 0 Å². The molecule has 6 fully saturated rings. The molecule has 2 atom stereocenters. The standard InChI is InChI=1S/C57H67F2N9O5/c1-4-37-7-5-8-38-26-41(69)27-43(46(37)38)48-47(58)49-44(28-60-48)50(67-20-6-13-54(3,72)30-67)63-53(62-49)73-35-56(14-15-56)33-64-21-18-57(59,19-22-64)34-65-31-55(32-65)16-23-66(24-17-55)40-10-11-42-39(25-40)29-68(52(42)71)45-12-9-36(2)61-51(45)70/h5,7-8,10-11,25-28,45,69,72H,2,4,6,9,12-24,29-35H2,1,3H3,(H,61,70)/t45?,54-/m1/s1. The van der Waals surface area contributed by atoms with Crippen LogP contribution >= 0.6 is 0 Å². The summed E-state index contributed by atoms with van der Waals surface area (Å²) in [6.07, 6.45) is 9.95. The quantitative estimate of drug-likeness (QED) is 0.112. The summed E-state index contributed by atoms with van der Waals surface area (Å²) >= 11 is 0. The number of likely N-dealkylation sites (tertiary alicyclic amines) is 2. The number of carbonyl (C=O) groups excluding carboxylic acids is 2. The predicted molar refractivity (Wildman–Crippen MR) is 277 cm³/mol. The number of carbonyl (C=O) groups is 2. The summed E-state index contributed by atoms with van der Waals surface area (Å²) in [5.74, 6) is -0.380. The van der Waals surface area contributed by atoms with Crippen LogP contribution in [-0.4, -0.2) is 141 Å². The number of aromatic hydroxyl groups is 1. The molecule has 3 N–H and O–H groups in total. The van der Waals surface area contributed by atoms with Crippen molar-refractivity contribution in [2.24, 2.45) is 10.8 Å². The van der Waals surface area contributed by atoms with E-state index in [-0.39, 0.29) is 45.6 Å². The van der Waals surface area contributed by atoms with Crippen molar-refractivity contribution in [2.75, 3.05) is 81.9 Å². The maximum absolute atomic E-state index is 17.2. The fourth-order valence-electron chi connectivity index (χ4n) is 13.2. The normalized spacial score (nSPS) is 24.8. The minimum absolute atomic E-state index is 0.0159. The molecule has 2 aromatic heterocycles. The average molecular weight is 996 g/mol. The molecule has 6 aliphatic heterocycles. The largest absolute Gasteiger partial charge is 0.508 e. The van der Waals surface area contributed by atoms with Gasteiger partial charge in [0.25, 0.3) is 5.91 Å². The van der Waals surface area contributed by atoms with Gasteiger partial charge < -0.3 is 39.9 Å². The summed E-state index contributed by atoms with van der Waals surface area (Å²) in [5.41, 5.74) is 3.02. The van der Waals surface area contributed by atoms with Crippen LogP contribution < -0.4 is 19.9 Å². The minimum atomic E-state index is -1.23. The molecule has 5 saturated heterocycles. The molecule has 73 heavy (non-hydrogen) atoms. The Morgan fingerprint density at radius 2 is 1.68 bits per heavy atom. The number of nitrogens with zero attached hydrogens (tertiary/aromatic N) is 8. The molecule has 2 amide bonds. The zero-order valence-electron chi connectivity index (χ0n) is 42.2. The van der Waals surface area contributed by atoms with Gasteiger partial charge in [-0.1, -0.05) is 31.7 Å². The van der Waals surface area contributed by atoms with Crippen LogP contribution in [0.5, 0.6) is 11.8 Å². The molecule has 0 bridgehead atoms. The van der Waals surface area contributed by atoms with Crippen LogP contribution in [0.25, 0.3) is 32.9 Å². The highest BCUT2D eigenvalue weighted by molar-refractivity contribution is 6.03. The lowest BCUT2D eigenvalue weighted by atomic mass is 9.71. The number of fused-ring (bicyclic) bond motifs is 3. The Balaban J connectivity index is 0.663. The number of rotatable bonds is 12. The number of benzene rings is 3. The van der Waals surface area contributed by atoms with Crippen LogP contribution in [0, 0.1) is 16.6 Å². The number of hydrogen-bond donors (Lipinski definition) is 3. The number of anilines is 2. The second-order valence-electron chi connectivity index (χ2n) is 23.2. The Hall–Kier alpha value is -5.97. The molecule has 16 heteroatoms. The van der Waals surface area contributed by atoms with Gasteiger partial charge in [-0.15, -0.1) is 0 Å². The van der Waals surface area contributed by atoms with Gasteiger partial charge in [0.05, 0.1) is 17.6 Å². The first kappa shape index (κ1) is 48.0. The van der Waals surface area contributed by atoms with E-state index in [1.807, 2.05) is 49.1 Å². The van der Waals surface area contributed by atoms with Gasteiger partial charge in [0.1, 0.15) is 34.5 Å². The highest BCUT2D eigenvalue weighted by Gasteiger charge is 2.50. The number of pyridine rings is 1. The summed E-state index contributed by atoms with van der Waals surface area (Å²) in [4.78, 5) is 51.1. The summed E-state index contributed by atoms with van der Waals surface area (Å²) in [6.45, 7) is 15.7. The third-order valence-corrected chi connectivity index (χ3v) is 17.5. The number of β-amino-alcohol motifs (C(OH)–C–C–N with tert-alkyl or cyclic N) is 1. The maximum atomic E-state index is 17.2. The number of phenols is 1. The molecule has 12 rings (SSSR count). The first-order valence-electron chi connectivity index (χ1n) is 26.6. The Bertz CT molecular complexity index is 3030. The van der Waals surface area contributed by atoms with E-state index in [1.54, 1.807) is 23.2 Å². The first-order valence-corrected chi connectivity index (χ1v) is 26.6. The van der Waals surface area contributed by atoms with E-state index >= 15 is 8.78 Å². The van der Waals surface area contributed by atoms with E-state index in [0.29, 0.717) is 112 Å². The molecule has 384 valence electrons. The summed E-state index contributed by atoms with van der Waals surface area (Å²) in [5, 5.41) is 26.7. The second kappa shape index (κ2) is 18.2. The Kier molecular flexibility index (Phi) is 11.9. The molecule has 8 heterocycles. The number of piperidine rings is 4. The molecule has 3 aromatic carbocycles. The molecular weight excluding hydrogens is 929 g/mol. The van der Waals surface area contributed by atoms with E-state index in [9.17, 15) is 19.8 Å². The summed E-state index contributed by atoms with van der Waals surface area (Å²) < 4.78 is 40.2. The van der Waals surface area contributed by atoms with Gasteiger partial charge >= 0.3 is 6.01 Å². The van der Waals surface area contributed by atoms with Crippen LogP contribution in [0.15, 0.2) is 67.0 Å². The number of hydrogen-bond acceptors (Lipinski definition) is 12. The number of aromatic nitrogens is 3. The number of allylic oxidation sites excluding steroid dienone is 1. The third kappa shape index (κ3) is 9.15. The number of phenolic OH excluding ortho intramolecular Hbond substituents is 1. The number of nitrogens with one attached hydrogen (secondary N) is 1. The Morgan fingerprint density at radius 3 is 2.42 bits per heavy atom. The van der Waals surface area contributed by atoms with Gasteiger partial charge in [0.2, 0.25) is 5.91 Å². The van der Waals surface area contributed by atoms with Gasteiger partial charge in [-0.3, -0.25) is 19.5 Å². The highest BCUT2D eigenvalue weighted by atomic mass is 19.1. The number of aliphatic hydroxyl groups is 1. The number of ether oxygens (including phenoxy) is 1. The van der Waals surface area contributed by atoms with Gasteiger partial charge in [-0.2, -0.15) is 9.97 Å². The van der Waals surface area contributed by atoms with Crippen LogP contribution in [0.3, 0.4) is 0 Å². The minimum Gasteiger partial charge on any atom is -0.508 e. The lowest BCUT2D eigenvalue weighted by Crippen LogP contribution is -2.63. The van der Waals surface area contributed by atoms with Crippen LogP contribution in [0.4, 0.5) is 20.3 Å². The zero-order valence-corrected chi connectivity index (χ0v) is 42.2. The van der Waals surface area contributed by atoms with Crippen LogP contribution in [0.2, 0.25) is 0 Å². The van der Waals surface area contributed by atoms with E-state index < -0.39 is 23.1 Å². The lowest BCUT2D eigenvalue weighted by Gasteiger charge is -2.56. The first-order chi connectivity index (χ1) is 35.1. The van der Waals surface area contributed by atoms with E-state index in [2.05, 4.69) is 37.6 Å². The number of amides is 2. The smallest absolute Gasteiger partial charge is 0.319 e. The van der Waals surface area contributed by atoms with Gasteiger partial charge in [-0.25, -0.2) is 8.78 Å². The average Bonchev–Trinajstić information content (AvgIpc) is 4.05. The van der Waals surface area contributed by atoms with Crippen molar-refractivity contribution in [1.29, 1.82) is 0 Å². The molecule has 5 aromatic rings. The van der Waals surface area contributed by atoms with Crippen molar-refractivity contribution < 1.29 is 33.3 Å². The van der Waals surface area contributed by atoms with E-state index in [1.165, 1.54) is 0 Å². The predicted octanol–water partition coefficient (Wildman–Crippen LogP) is 7.92. The van der Waals surface area contributed by atoms with Crippen molar-refractivity contribution in [2.45, 2.75) is 108 Å². The second-order valence-corrected chi connectivity index (χ2v) is 23.2. The Labute approximate surface area is 425 Å². The highest BCUT2D eigenvalue weighted by Crippen LogP contribution is 2.49. The molecule has 1 spiro atoms. The fraction of sp³-hybridized carbons (Fsp3) is 0.526. The SMILES string of the molecule is C=C1CCC(N2Cc3cc(N4CCC5(CC4)CN(CC4(F)CCN(CC6(COc7nc(N8CCC[C@@](C)(O)C8)c8cnc(-c9cc(O)cc%10cccc(CC)c9%10)c(F)c8n7)CC6)CC4)C5)ccc3C2=O)C(=O)N1. The number of aryl methyl sites for hydroxylation is 1. The van der Waals surface area contributed by atoms with Crippen molar-refractivity contribution in [3.8, 4) is 23.0 Å². The van der Waals surface area contributed by atoms with E-state index in [4.69, 9.17) is 14.7 Å². The fourth-order valence-corrected chi connectivity index (χ4v) is 13.2. The number of halogens is 2. The molecule has 1 saturated carbocycles. The molecular formula is C57H67F2N9O5. The van der Waals surface area contributed by atoms with Crippen LogP contribution in [-0.2, 0) is 17.8 Å². The van der Waals surface area contributed by atoms with Gasteiger partial charge in [0.15, 0.2) is 5.82 Å². The summed E-state index contributed by atoms with van der Waals surface area (Å²) in [6, 6.07) is 14.8. The van der Waals surface area contributed by atoms with Gasteiger partial charge in [0, 0.05) is 106 Å². The van der Waals surface area contributed by atoms with Crippen molar-refractivity contribution >= 4 is 45.0 Å². The van der Waals surface area contributed by atoms with Crippen LogP contribution in [0.1, 0.15) is 99.5 Å². The van der Waals surface area contributed by atoms with Gasteiger partial charge in [-0.05, 0) is 135 Å². The monoisotopic (exact) mass is 996 g/mol. The van der Waals surface area contributed by atoms with Crippen molar-refractivity contribution in [1.82, 2.24) is 35.0 Å². The third-order valence-electron chi connectivity index (χ3n) is 17.5. The molecule has 7 aliphatic rings. The van der Waals surface area contributed by atoms with Crippen molar-refractivity contribution in [3.05, 3.63) is 89.5 Å². The van der Waals surface area contributed by atoms with E-state index in [0.717, 1.165) is 92.4 Å².